The van der Waals surface area contributed by atoms with Gasteiger partial charge in [0, 0.05) is 12.1 Å². The minimum atomic E-state index is 0.740. The summed E-state index contributed by atoms with van der Waals surface area (Å²) < 4.78 is 0. The van der Waals surface area contributed by atoms with E-state index >= 15 is 0 Å². The van der Waals surface area contributed by atoms with Crippen LogP contribution in [0.15, 0.2) is 0 Å². The van der Waals surface area contributed by atoms with E-state index < -0.39 is 0 Å². The third-order valence-electron chi connectivity index (χ3n) is 4.76. The number of hydrogen-bond acceptors (Lipinski definition) is 1. The van der Waals surface area contributed by atoms with Crippen molar-refractivity contribution in [3.05, 3.63) is 0 Å². The van der Waals surface area contributed by atoms with Gasteiger partial charge in [-0.3, -0.25) is 0 Å². The van der Waals surface area contributed by atoms with Crippen LogP contribution in [0.25, 0.3) is 0 Å². The van der Waals surface area contributed by atoms with Gasteiger partial charge in [0.15, 0.2) is 0 Å². The Bertz CT molecular complexity index is 210. The summed E-state index contributed by atoms with van der Waals surface area (Å²) in [5, 5.41) is 3.89. The summed E-state index contributed by atoms with van der Waals surface area (Å²) in [6.45, 7) is 4.68. The highest BCUT2D eigenvalue weighted by Gasteiger charge is 2.34. The van der Waals surface area contributed by atoms with Gasteiger partial charge >= 0.3 is 0 Å². The van der Waals surface area contributed by atoms with E-state index in [9.17, 15) is 0 Å². The zero-order chi connectivity index (χ0) is 12.1. The van der Waals surface area contributed by atoms with Crippen molar-refractivity contribution in [2.24, 2.45) is 11.8 Å². The zero-order valence-corrected chi connectivity index (χ0v) is 11.9. The predicted molar refractivity (Wildman–Crippen MR) is 75.2 cm³/mol. The molecule has 2 aliphatic rings. The predicted octanol–water partition coefficient (Wildman–Crippen LogP) is 4.51. The van der Waals surface area contributed by atoms with Crippen LogP contribution in [-0.4, -0.2) is 12.1 Å². The van der Waals surface area contributed by atoms with Crippen molar-refractivity contribution in [1.82, 2.24) is 5.32 Å². The molecule has 2 saturated carbocycles. The lowest BCUT2D eigenvalue weighted by molar-refractivity contribution is 0.245. The Hall–Kier alpha value is -0.0400. The molecule has 2 aliphatic carbocycles. The summed E-state index contributed by atoms with van der Waals surface area (Å²) >= 11 is 0. The van der Waals surface area contributed by atoms with Crippen LogP contribution >= 0.6 is 0 Å². The van der Waals surface area contributed by atoms with Crippen molar-refractivity contribution in [2.45, 2.75) is 90.1 Å². The number of hydrogen-bond donors (Lipinski definition) is 1. The molecule has 0 aromatic heterocycles. The van der Waals surface area contributed by atoms with Gasteiger partial charge in [0.05, 0.1) is 0 Å². The van der Waals surface area contributed by atoms with Crippen LogP contribution in [0.4, 0.5) is 0 Å². The quantitative estimate of drug-likeness (QED) is 0.642. The second-order valence-electron chi connectivity index (χ2n) is 6.52. The molecule has 0 saturated heterocycles. The van der Waals surface area contributed by atoms with E-state index in [1.165, 1.54) is 64.2 Å². The monoisotopic (exact) mass is 237 g/mol. The normalized spacial score (nSPS) is 31.4. The van der Waals surface area contributed by atoms with Crippen LogP contribution in [0.1, 0.15) is 78.1 Å². The van der Waals surface area contributed by atoms with E-state index in [0.29, 0.717) is 0 Å². The van der Waals surface area contributed by atoms with Crippen LogP contribution in [0, 0.1) is 11.8 Å². The number of rotatable bonds is 7. The minimum Gasteiger partial charge on any atom is -0.311 e. The van der Waals surface area contributed by atoms with Crippen molar-refractivity contribution in [1.29, 1.82) is 0 Å². The molecule has 17 heavy (non-hydrogen) atoms. The molecule has 2 fully saturated rings. The summed E-state index contributed by atoms with van der Waals surface area (Å²) in [6.07, 6.45) is 14.5. The molecule has 0 aromatic carbocycles. The van der Waals surface area contributed by atoms with Gasteiger partial charge < -0.3 is 5.32 Å². The molecule has 2 rings (SSSR count). The summed E-state index contributed by atoms with van der Waals surface area (Å²) in [4.78, 5) is 0. The Kier molecular flexibility index (Phi) is 5.34. The lowest BCUT2D eigenvalue weighted by Crippen LogP contribution is -2.40. The van der Waals surface area contributed by atoms with Crippen molar-refractivity contribution in [3.63, 3.8) is 0 Å². The Morgan fingerprint density at radius 3 is 2.59 bits per heavy atom. The maximum Gasteiger partial charge on any atom is 0.00722 e. The lowest BCUT2D eigenvalue weighted by atomic mass is 9.82. The molecule has 1 nitrogen and oxygen atoms in total. The molecular weight excluding hydrogens is 206 g/mol. The highest BCUT2D eigenvalue weighted by Crippen LogP contribution is 2.43. The van der Waals surface area contributed by atoms with Gasteiger partial charge in [0.2, 0.25) is 0 Å². The Labute approximate surface area is 108 Å². The Morgan fingerprint density at radius 1 is 1.06 bits per heavy atom. The third-order valence-corrected chi connectivity index (χ3v) is 4.76. The second-order valence-corrected chi connectivity index (χ2v) is 6.52. The maximum atomic E-state index is 3.89. The van der Waals surface area contributed by atoms with Crippen LogP contribution in [0.3, 0.4) is 0 Å². The first-order chi connectivity index (χ1) is 8.29. The van der Waals surface area contributed by atoms with E-state index in [-0.39, 0.29) is 0 Å². The SMILES string of the molecule is CCCCCC(C)NC1CCCC(C2CC2)C1. The average molecular weight is 237 g/mol. The first-order valence-corrected chi connectivity index (χ1v) is 8.05. The molecular formula is C16H31N. The van der Waals surface area contributed by atoms with Gasteiger partial charge in [-0.15, -0.1) is 0 Å². The topological polar surface area (TPSA) is 12.0 Å². The van der Waals surface area contributed by atoms with E-state index in [1.807, 2.05) is 0 Å². The van der Waals surface area contributed by atoms with Gasteiger partial charge in [0.1, 0.15) is 0 Å². The van der Waals surface area contributed by atoms with E-state index in [1.54, 1.807) is 0 Å². The molecule has 0 heterocycles. The third kappa shape index (κ3) is 4.62. The van der Waals surface area contributed by atoms with Gasteiger partial charge in [-0.1, -0.05) is 39.0 Å². The summed E-state index contributed by atoms with van der Waals surface area (Å²) in [5.74, 6) is 2.19. The minimum absolute atomic E-state index is 0.740. The van der Waals surface area contributed by atoms with E-state index in [4.69, 9.17) is 0 Å². The molecule has 0 bridgehead atoms. The smallest absolute Gasteiger partial charge is 0.00722 e. The summed E-state index contributed by atoms with van der Waals surface area (Å²) in [6, 6.07) is 1.58. The molecule has 1 heteroatoms. The van der Waals surface area contributed by atoms with Crippen LogP contribution in [0.2, 0.25) is 0 Å². The fourth-order valence-electron chi connectivity index (χ4n) is 3.56. The molecule has 100 valence electrons. The molecule has 0 radical (unpaired) electrons. The first kappa shape index (κ1) is 13.4. The Balaban J connectivity index is 1.63. The highest BCUT2D eigenvalue weighted by atomic mass is 14.9. The zero-order valence-electron chi connectivity index (χ0n) is 11.9. The first-order valence-electron chi connectivity index (χ1n) is 8.05. The molecule has 1 N–H and O–H groups in total. The largest absolute Gasteiger partial charge is 0.311 e. The standard InChI is InChI=1S/C16H31N/c1-3-4-5-7-13(2)17-16-9-6-8-15(12-16)14-10-11-14/h13-17H,3-12H2,1-2H3. The van der Waals surface area contributed by atoms with Gasteiger partial charge in [-0.2, -0.15) is 0 Å². The van der Waals surface area contributed by atoms with Gasteiger partial charge in [-0.05, 0) is 50.9 Å². The van der Waals surface area contributed by atoms with Crippen molar-refractivity contribution in [3.8, 4) is 0 Å². The summed E-state index contributed by atoms with van der Waals surface area (Å²) in [7, 11) is 0. The van der Waals surface area contributed by atoms with Crippen LogP contribution in [-0.2, 0) is 0 Å². The molecule has 0 aromatic rings. The van der Waals surface area contributed by atoms with Crippen LogP contribution < -0.4 is 5.32 Å². The Morgan fingerprint density at radius 2 is 1.88 bits per heavy atom. The van der Waals surface area contributed by atoms with Crippen molar-refractivity contribution >= 4 is 0 Å². The second kappa shape index (κ2) is 6.78. The maximum absolute atomic E-state index is 3.89. The molecule has 0 amide bonds. The number of unbranched alkanes of at least 4 members (excludes halogenated alkanes) is 2. The van der Waals surface area contributed by atoms with Crippen molar-refractivity contribution in [2.75, 3.05) is 0 Å². The molecule has 3 atom stereocenters. The fourth-order valence-corrected chi connectivity index (χ4v) is 3.56. The van der Waals surface area contributed by atoms with E-state index in [0.717, 1.165) is 23.9 Å². The molecule has 3 unspecified atom stereocenters. The fraction of sp³-hybridized carbons (Fsp3) is 1.00. The average Bonchev–Trinajstić information content (AvgIpc) is 3.13. The van der Waals surface area contributed by atoms with Crippen LogP contribution in [0.5, 0.6) is 0 Å². The van der Waals surface area contributed by atoms with Gasteiger partial charge in [0.25, 0.3) is 0 Å². The number of nitrogens with one attached hydrogen (secondary N) is 1. The molecule has 0 aliphatic heterocycles. The van der Waals surface area contributed by atoms with Gasteiger partial charge in [-0.25, -0.2) is 0 Å². The highest BCUT2D eigenvalue weighted by molar-refractivity contribution is 4.88. The lowest BCUT2D eigenvalue weighted by Gasteiger charge is -2.32. The van der Waals surface area contributed by atoms with E-state index in [2.05, 4.69) is 19.2 Å². The molecule has 0 spiro atoms. The summed E-state index contributed by atoms with van der Waals surface area (Å²) in [5.41, 5.74) is 0. The van der Waals surface area contributed by atoms with Crippen molar-refractivity contribution < 1.29 is 0 Å².